The number of ether oxygens (including phenoxy) is 1. The molecule has 1 unspecified atom stereocenters. The van der Waals surface area contributed by atoms with Gasteiger partial charge in [-0.25, -0.2) is 0 Å². The second-order valence-corrected chi connectivity index (χ2v) is 6.30. The number of rotatable bonds is 4. The first-order valence-electron chi connectivity index (χ1n) is 8.46. The van der Waals surface area contributed by atoms with E-state index < -0.39 is 0 Å². The molecule has 1 N–H and O–H groups in total. The van der Waals surface area contributed by atoms with Crippen LogP contribution in [0.3, 0.4) is 0 Å². The first kappa shape index (κ1) is 16.0. The molecule has 2 aliphatic heterocycles. The van der Waals surface area contributed by atoms with Crippen molar-refractivity contribution < 1.29 is 14.3 Å². The van der Waals surface area contributed by atoms with Gasteiger partial charge in [-0.3, -0.25) is 9.59 Å². The summed E-state index contributed by atoms with van der Waals surface area (Å²) in [5.74, 6) is 0.205. The first-order valence-corrected chi connectivity index (χ1v) is 8.46. The van der Waals surface area contributed by atoms with E-state index in [-0.39, 0.29) is 23.8 Å². The minimum Gasteiger partial charge on any atom is -0.368 e. The fourth-order valence-corrected chi connectivity index (χ4v) is 3.27. The number of hydrogen-bond donors (Lipinski definition) is 1. The van der Waals surface area contributed by atoms with Gasteiger partial charge in [-0.1, -0.05) is 30.3 Å². The summed E-state index contributed by atoms with van der Waals surface area (Å²) in [7, 11) is 0. The van der Waals surface area contributed by atoms with E-state index in [1.54, 1.807) is 0 Å². The fraction of sp³-hybridized carbons (Fsp3) is 0.556. The van der Waals surface area contributed by atoms with E-state index in [9.17, 15) is 9.59 Å². The molecule has 5 nitrogen and oxygen atoms in total. The van der Waals surface area contributed by atoms with Crippen molar-refractivity contribution in [3.63, 3.8) is 0 Å². The van der Waals surface area contributed by atoms with E-state index in [1.165, 1.54) is 0 Å². The van der Waals surface area contributed by atoms with Crippen LogP contribution < -0.4 is 5.32 Å². The molecule has 2 heterocycles. The molecule has 2 aliphatic rings. The number of piperidine rings is 1. The SMILES string of the molecule is O=C(NCc1ccccc1)C1CCN(C(=O)C2CCCO2)CC1. The lowest BCUT2D eigenvalue weighted by Crippen LogP contribution is -2.46. The number of carbonyl (C=O) groups excluding carboxylic acids is 2. The average molecular weight is 316 g/mol. The van der Waals surface area contributed by atoms with Gasteiger partial charge in [0.2, 0.25) is 5.91 Å². The Labute approximate surface area is 137 Å². The molecule has 2 fully saturated rings. The summed E-state index contributed by atoms with van der Waals surface area (Å²) in [6.45, 7) is 2.56. The standard InChI is InChI=1S/C18H24N2O3/c21-17(19-13-14-5-2-1-3-6-14)15-8-10-20(11-9-15)18(22)16-7-4-12-23-16/h1-3,5-6,15-16H,4,7-13H2,(H,19,21). The molecule has 0 saturated carbocycles. The van der Waals surface area contributed by atoms with E-state index in [1.807, 2.05) is 35.2 Å². The number of nitrogens with one attached hydrogen (secondary N) is 1. The van der Waals surface area contributed by atoms with E-state index in [0.29, 0.717) is 26.2 Å². The van der Waals surface area contributed by atoms with Crippen molar-refractivity contribution in [3.8, 4) is 0 Å². The molecule has 0 aliphatic carbocycles. The second kappa shape index (κ2) is 7.59. The quantitative estimate of drug-likeness (QED) is 0.920. The van der Waals surface area contributed by atoms with Crippen LogP contribution in [0.15, 0.2) is 30.3 Å². The highest BCUT2D eigenvalue weighted by atomic mass is 16.5. The van der Waals surface area contributed by atoms with Gasteiger partial charge < -0.3 is 15.0 Å². The molecule has 0 radical (unpaired) electrons. The summed E-state index contributed by atoms with van der Waals surface area (Å²) < 4.78 is 5.46. The molecule has 1 aromatic carbocycles. The molecule has 1 aromatic rings. The molecule has 0 bridgehead atoms. The Morgan fingerprint density at radius 3 is 2.52 bits per heavy atom. The molecule has 2 saturated heterocycles. The fourth-order valence-electron chi connectivity index (χ4n) is 3.27. The van der Waals surface area contributed by atoms with Crippen LogP contribution >= 0.6 is 0 Å². The van der Waals surface area contributed by atoms with Crippen LogP contribution in [0.25, 0.3) is 0 Å². The smallest absolute Gasteiger partial charge is 0.251 e. The molecule has 0 spiro atoms. The molecule has 124 valence electrons. The zero-order chi connectivity index (χ0) is 16.1. The van der Waals surface area contributed by atoms with Crippen molar-refractivity contribution in [3.05, 3.63) is 35.9 Å². The Balaban J connectivity index is 1.43. The van der Waals surface area contributed by atoms with E-state index in [4.69, 9.17) is 4.74 Å². The van der Waals surface area contributed by atoms with Crippen molar-refractivity contribution >= 4 is 11.8 Å². The van der Waals surface area contributed by atoms with Crippen molar-refractivity contribution in [2.75, 3.05) is 19.7 Å². The third kappa shape index (κ3) is 4.10. The molecule has 23 heavy (non-hydrogen) atoms. The topological polar surface area (TPSA) is 58.6 Å². The van der Waals surface area contributed by atoms with Gasteiger partial charge >= 0.3 is 0 Å². The third-order valence-corrected chi connectivity index (χ3v) is 4.69. The maximum Gasteiger partial charge on any atom is 0.251 e. The Morgan fingerprint density at radius 1 is 1.13 bits per heavy atom. The number of hydrogen-bond acceptors (Lipinski definition) is 3. The van der Waals surface area contributed by atoms with Crippen LogP contribution in [-0.2, 0) is 20.9 Å². The summed E-state index contributed by atoms with van der Waals surface area (Å²) in [6, 6.07) is 9.91. The summed E-state index contributed by atoms with van der Waals surface area (Å²) in [5, 5.41) is 3.00. The molecule has 2 amide bonds. The number of likely N-dealkylation sites (tertiary alicyclic amines) is 1. The summed E-state index contributed by atoms with van der Waals surface area (Å²) >= 11 is 0. The van der Waals surface area contributed by atoms with E-state index in [0.717, 1.165) is 31.2 Å². The molecule has 3 rings (SSSR count). The van der Waals surface area contributed by atoms with Gasteiger partial charge in [-0.2, -0.15) is 0 Å². The maximum atomic E-state index is 12.3. The monoisotopic (exact) mass is 316 g/mol. The molecular formula is C18H24N2O3. The van der Waals surface area contributed by atoms with Crippen molar-refractivity contribution in [2.24, 2.45) is 5.92 Å². The number of carbonyl (C=O) groups is 2. The Hall–Kier alpha value is -1.88. The zero-order valence-corrected chi connectivity index (χ0v) is 13.4. The van der Waals surface area contributed by atoms with Crippen LogP contribution in [0.5, 0.6) is 0 Å². The Bertz CT molecular complexity index is 532. The van der Waals surface area contributed by atoms with Crippen molar-refractivity contribution in [1.29, 1.82) is 0 Å². The minimum absolute atomic E-state index is 0.00672. The van der Waals surface area contributed by atoms with Gasteiger partial charge in [0.15, 0.2) is 0 Å². The predicted octanol–water partition coefficient (Wildman–Crippen LogP) is 1.72. The lowest BCUT2D eigenvalue weighted by atomic mass is 9.95. The molecule has 5 heteroatoms. The Morgan fingerprint density at radius 2 is 1.87 bits per heavy atom. The summed E-state index contributed by atoms with van der Waals surface area (Å²) in [4.78, 5) is 26.4. The van der Waals surface area contributed by atoms with Crippen molar-refractivity contribution in [1.82, 2.24) is 10.2 Å². The van der Waals surface area contributed by atoms with Gasteiger partial charge in [0.25, 0.3) is 5.91 Å². The van der Waals surface area contributed by atoms with Gasteiger partial charge in [-0.05, 0) is 31.2 Å². The minimum atomic E-state index is -0.251. The summed E-state index contributed by atoms with van der Waals surface area (Å²) in [6.07, 6.45) is 3.02. The second-order valence-electron chi connectivity index (χ2n) is 6.30. The predicted molar refractivity (Wildman–Crippen MR) is 86.6 cm³/mol. The van der Waals surface area contributed by atoms with Crippen molar-refractivity contribution in [2.45, 2.75) is 38.3 Å². The highest BCUT2D eigenvalue weighted by molar-refractivity contribution is 5.82. The first-order chi connectivity index (χ1) is 11.2. The number of benzene rings is 1. The van der Waals surface area contributed by atoms with Crippen LogP contribution in [0, 0.1) is 5.92 Å². The Kier molecular flexibility index (Phi) is 5.28. The maximum absolute atomic E-state index is 12.3. The van der Waals surface area contributed by atoms with E-state index >= 15 is 0 Å². The van der Waals surface area contributed by atoms with Crippen LogP contribution in [0.1, 0.15) is 31.2 Å². The van der Waals surface area contributed by atoms with Crippen LogP contribution in [0.2, 0.25) is 0 Å². The highest BCUT2D eigenvalue weighted by Crippen LogP contribution is 2.21. The number of amides is 2. The molecular weight excluding hydrogens is 292 g/mol. The lowest BCUT2D eigenvalue weighted by Gasteiger charge is -2.32. The van der Waals surface area contributed by atoms with Gasteiger partial charge in [0.05, 0.1) is 0 Å². The van der Waals surface area contributed by atoms with Gasteiger partial charge in [0.1, 0.15) is 6.10 Å². The summed E-state index contributed by atoms with van der Waals surface area (Å²) in [5.41, 5.74) is 1.10. The van der Waals surface area contributed by atoms with Crippen LogP contribution in [-0.4, -0.2) is 42.5 Å². The largest absolute Gasteiger partial charge is 0.368 e. The van der Waals surface area contributed by atoms with E-state index in [2.05, 4.69) is 5.32 Å². The van der Waals surface area contributed by atoms with Crippen LogP contribution in [0.4, 0.5) is 0 Å². The third-order valence-electron chi connectivity index (χ3n) is 4.69. The molecule has 0 aromatic heterocycles. The lowest BCUT2D eigenvalue weighted by molar-refractivity contribution is -0.143. The normalized spacial score (nSPS) is 22.1. The highest BCUT2D eigenvalue weighted by Gasteiger charge is 2.32. The number of nitrogens with zero attached hydrogens (tertiary/aromatic N) is 1. The molecule has 1 atom stereocenters. The average Bonchev–Trinajstić information content (AvgIpc) is 3.15. The zero-order valence-electron chi connectivity index (χ0n) is 13.4. The van der Waals surface area contributed by atoms with Gasteiger partial charge in [0, 0.05) is 32.2 Å². The van der Waals surface area contributed by atoms with Gasteiger partial charge in [-0.15, -0.1) is 0 Å².